The molecule has 4 rings (SSSR count). The average molecular weight is 398 g/mol. The lowest BCUT2D eigenvalue weighted by molar-refractivity contribution is -0.170. The number of carbonyl (C=O) groups excluding carboxylic acids is 2. The smallest absolute Gasteiger partial charge is 0.178 e. The molecule has 3 saturated carbocycles. The molecule has 0 aromatic heterocycles. The Morgan fingerprint density at radius 3 is 2.52 bits per heavy atom. The summed E-state index contributed by atoms with van der Waals surface area (Å²) in [7, 11) is 1.42. The third-order valence-corrected chi connectivity index (χ3v) is 6.28. The Hall–Kier alpha value is -2.86. The number of fused-ring (bicyclic) bond motifs is 3. The summed E-state index contributed by atoms with van der Waals surface area (Å²) >= 11 is 0. The maximum atomic E-state index is 13.4. The van der Waals surface area contributed by atoms with E-state index in [4.69, 9.17) is 4.74 Å². The summed E-state index contributed by atoms with van der Waals surface area (Å²) in [5.74, 6) is -2.44. The first kappa shape index (κ1) is 20.9. The Labute approximate surface area is 169 Å². The number of carbonyl (C=O) groups is 2. The fraction of sp³-hybridized carbons (Fsp3) is 0.391. The molecule has 1 aromatic carbocycles. The number of Topliss-reactive ketones (excluding diaryl/α,β-unsaturated/α-hetero) is 2. The fourth-order valence-electron chi connectivity index (χ4n) is 4.66. The molecule has 154 valence electrons. The molecule has 4 atom stereocenters. The predicted molar refractivity (Wildman–Crippen MR) is 108 cm³/mol. The van der Waals surface area contributed by atoms with Gasteiger partial charge in [0, 0.05) is 17.4 Å². The molecule has 3 fully saturated rings. The molecular formula is C23H26O6. The van der Waals surface area contributed by atoms with Crippen molar-refractivity contribution in [1.29, 1.82) is 0 Å². The number of aromatic hydroxyl groups is 1. The van der Waals surface area contributed by atoms with Crippen LogP contribution in [0.3, 0.4) is 0 Å². The topological polar surface area (TPSA) is 104 Å². The van der Waals surface area contributed by atoms with E-state index in [1.807, 2.05) is 6.92 Å². The molecule has 3 aliphatic carbocycles. The molecule has 3 N–H and O–H groups in total. The predicted octanol–water partition coefficient (Wildman–Crippen LogP) is 3.36. The molecule has 1 aromatic rings. The average Bonchev–Trinajstić information content (AvgIpc) is 2.68. The molecule has 6 heteroatoms. The van der Waals surface area contributed by atoms with Gasteiger partial charge in [0.25, 0.3) is 0 Å². The number of hydrogen-bond acceptors (Lipinski definition) is 6. The SMILES string of the molecule is CC=CC=CC(O)=C1C(=O)C2(C)C(=O)C(C)(O)C1CC2c1ccc(O)c(OC)c1. The summed E-state index contributed by atoms with van der Waals surface area (Å²) in [6, 6.07) is 4.72. The molecule has 0 aliphatic heterocycles. The Bertz CT molecular complexity index is 952. The number of allylic oxidation sites excluding steroid dienone is 4. The summed E-state index contributed by atoms with van der Waals surface area (Å²) in [5.41, 5.74) is -2.57. The van der Waals surface area contributed by atoms with Crippen molar-refractivity contribution >= 4 is 11.6 Å². The molecular weight excluding hydrogens is 372 g/mol. The quantitative estimate of drug-likeness (QED) is 0.311. The first-order valence-corrected chi connectivity index (χ1v) is 9.52. The molecule has 29 heavy (non-hydrogen) atoms. The fourth-order valence-corrected chi connectivity index (χ4v) is 4.66. The molecule has 0 radical (unpaired) electrons. The Kier molecular flexibility index (Phi) is 5.17. The standard InChI is InChI=1S/C23H26O6/c1-5-6-7-8-17(25)19-15-12-14(13-9-10-16(24)18(11-13)29-4)22(2,20(19)26)21(27)23(15,3)28/h5-11,14-15,24-25,28H,12H2,1-4H3. The number of methoxy groups -OCH3 is 1. The van der Waals surface area contributed by atoms with Gasteiger partial charge in [0.1, 0.15) is 11.4 Å². The zero-order valence-electron chi connectivity index (χ0n) is 17.0. The van der Waals surface area contributed by atoms with Gasteiger partial charge in [0.2, 0.25) is 0 Å². The summed E-state index contributed by atoms with van der Waals surface area (Å²) < 4.78 is 5.16. The lowest BCUT2D eigenvalue weighted by Crippen LogP contribution is -2.66. The third kappa shape index (κ3) is 2.99. The highest BCUT2D eigenvalue weighted by Crippen LogP contribution is 2.60. The van der Waals surface area contributed by atoms with Crippen LogP contribution in [-0.4, -0.2) is 39.6 Å². The van der Waals surface area contributed by atoms with Gasteiger partial charge in [0.15, 0.2) is 23.1 Å². The van der Waals surface area contributed by atoms with Gasteiger partial charge in [-0.15, -0.1) is 0 Å². The van der Waals surface area contributed by atoms with Gasteiger partial charge in [-0.05, 0) is 51.0 Å². The number of phenols is 1. The second-order valence-electron chi connectivity index (χ2n) is 7.96. The summed E-state index contributed by atoms with van der Waals surface area (Å²) in [6.07, 6.45) is 6.78. The van der Waals surface area contributed by atoms with E-state index >= 15 is 0 Å². The third-order valence-electron chi connectivity index (χ3n) is 6.28. The monoisotopic (exact) mass is 398 g/mol. The molecule has 0 amide bonds. The Balaban J connectivity index is 2.16. The van der Waals surface area contributed by atoms with E-state index in [-0.39, 0.29) is 22.8 Å². The zero-order chi connectivity index (χ0) is 21.6. The maximum Gasteiger partial charge on any atom is 0.178 e. The van der Waals surface area contributed by atoms with E-state index in [1.54, 1.807) is 30.4 Å². The maximum absolute atomic E-state index is 13.4. The van der Waals surface area contributed by atoms with Gasteiger partial charge < -0.3 is 20.1 Å². The van der Waals surface area contributed by atoms with Crippen molar-refractivity contribution in [2.45, 2.75) is 38.7 Å². The summed E-state index contributed by atoms with van der Waals surface area (Å²) in [4.78, 5) is 26.6. The van der Waals surface area contributed by atoms with Crippen molar-refractivity contribution in [2.24, 2.45) is 11.3 Å². The number of benzene rings is 1. The minimum Gasteiger partial charge on any atom is -0.508 e. The van der Waals surface area contributed by atoms with Crippen LogP contribution in [-0.2, 0) is 9.59 Å². The van der Waals surface area contributed by atoms with Crippen molar-refractivity contribution in [3.8, 4) is 11.5 Å². The number of phenolic OH excluding ortho intramolecular Hbond substituents is 1. The van der Waals surface area contributed by atoms with E-state index in [2.05, 4.69) is 0 Å². The van der Waals surface area contributed by atoms with Crippen LogP contribution in [0.5, 0.6) is 11.5 Å². The summed E-state index contributed by atoms with van der Waals surface area (Å²) in [6.45, 7) is 4.75. The lowest BCUT2D eigenvalue weighted by Gasteiger charge is -2.55. The van der Waals surface area contributed by atoms with Gasteiger partial charge >= 0.3 is 0 Å². The number of aliphatic hydroxyl groups is 2. The van der Waals surface area contributed by atoms with E-state index < -0.39 is 34.4 Å². The molecule has 2 bridgehead atoms. The van der Waals surface area contributed by atoms with Crippen LogP contribution in [0.4, 0.5) is 0 Å². The Morgan fingerprint density at radius 2 is 1.90 bits per heavy atom. The molecule has 0 saturated heterocycles. The van der Waals surface area contributed by atoms with Crippen molar-refractivity contribution in [3.05, 3.63) is 59.4 Å². The van der Waals surface area contributed by atoms with Crippen LogP contribution >= 0.6 is 0 Å². The van der Waals surface area contributed by atoms with Gasteiger partial charge in [-0.25, -0.2) is 0 Å². The van der Waals surface area contributed by atoms with Crippen LogP contribution in [0.25, 0.3) is 0 Å². The molecule has 4 unspecified atom stereocenters. The van der Waals surface area contributed by atoms with E-state index in [0.717, 1.165) is 0 Å². The van der Waals surface area contributed by atoms with Crippen molar-refractivity contribution in [2.75, 3.05) is 7.11 Å². The van der Waals surface area contributed by atoms with Crippen molar-refractivity contribution in [3.63, 3.8) is 0 Å². The number of ether oxygens (including phenoxy) is 1. The highest BCUT2D eigenvalue weighted by Gasteiger charge is 2.68. The van der Waals surface area contributed by atoms with Crippen LogP contribution < -0.4 is 4.74 Å². The number of aliphatic hydroxyl groups excluding tert-OH is 1. The van der Waals surface area contributed by atoms with E-state index in [1.165, 1.54) is 33.1 Å². The Morgan fingerprint density at radius 1 is 1.21 bits per heavy atom. The largest absolute Gasteiger partial charge is 0.508 e. The number of ketones is 2. The lowest BCUT2D eigenvalue weighted by atomic mass is 9.46. The number of rotatable bonds is 4. The van der Waals surface area contributed by atoms with Gasteiger partial charge in [-0.3, -0.25) is 9.59 Å². The first-order chi connectivity index (χ1) is 13.6. The van der Waals surface area contributed by atoms with Crippen LogP contribution in [0.2, 0.25) is 0 Å². The van der Waals surface area contributed by atoms with Crippen LogP contribution in [0.15, 0.2) is 53.8 Å². The second kappa shape index (κ2) is 7.19. The normalized spacial score (nSPS) is 33.7. The zero-order valence-corrected chi connectivity index (χ0v) is 17.0. The minimum atomic E-state index is -1.77. The van der Waals surface area contributed by atoms with Crippen LogP contribution in [0, 0.1) is 11.3 Å². The summed E-state index contributed by atoms with van der Waals surface area (Å²) in [5, 5.41) is 31.4. The number of hydrogen-bond donors (Lipinski definition) is 3. The minimum absolute atomic E-state index is 0.0423. The first-order valence-electron chi connectivity index (χ1n) is 9.52. The highest BCUT2D eigenvalue weighted by molar-refractivity contribution is 6.21. The van der Waals surface area contributed by atoms with Gasteiger partial charge in [-0.2, -0.15) is 0 Å². The molecule has 0 spiro atoms. The van der Waals surface area contributed by atoms with E-state index in [0.29, 0.717) is 12.0 Å². The molecule has 3 aliphatic rings. The van der Waals surface area contributed by atoms with Crippen molar-refractivity contribution in [1.82, 2.24) is 0 Å². The van der Waals surface area contributed by atoms with Crippen molar-refractivity contribution < 1.29 is 29.6 Å². The van der Waals surface area contributed by atoms with Crippen LogP contribution in [0.1, 0.15) is 38.7 Å². The van der Waals surface area contributed by atoms with Gasteiger partial charge in [-0.1, -0.05) is 24.3 Å². The molecule has 6 nitrogen and oxygen atoms in total. The van der Waals surface area contributed by atoms with Gasteiger partial charge in [0.05, 0.1) is 12.5 Å². The second-order valence-corrected chi connectivity index (χ2v) is 7.96. The van der Waals surface area contributed by atoms with E-state index in [9.17, 15) is 24.9 Å². The molecule has 0 heterocycles. The highest BCUT2D eigenvalue weighted by atomic mass is 16.5.